The average molecular weight is 471 g/mol. The van der Waals surface area contributed by atoms with Crippen molar-refractivity contribution in [1.82, 2.24) is 0 Å². The highest BCUT2D eigenvalue weighted by Gasteiger charge is 2.19. The second-order valence-corrected chi connectivity index (χ2v) is 10.4. The Morgan fingerprint density at radius 3 is 2.28 bits per heavy atom. The molecule has 0 saturated heterocycles. The highest BCUT2D eigenvalue weighted by atomic mass is 35.5. The number of para-hydroxylation sites is 1. The van der Waals surface area contributed by atoms with E-state index in [1.54, 1.807) is 48.5 Å². The number of halogens is 1. The van der Waals surface area contributed by atoms with Gasteiger partial charge in [-0.1, -0.05) is 61.8 Å². The van der Waals surface area contributed by atoms with Gasteiger partial charge in [0, 0.05) is 16.3 Å². The number of carbonyl (C=O) groups excluding carboxylic acids is 1. The van der Waals surface area contributed by atoms with E-state index in [2.05, 4.69) is 19.2 Å². The van der Waals surface area contributed by atoms with E-state index >= 15 is 0 Å². The fraction of sp³-hybridized carbons (Fsp3) is 0.240. The summed E-state index contributed by atoms with van der Waals surface area (Å²) in [6.07, 6.45) is 1.16. The maximum absolute atomic E-state index is 12.9. The van der Waals surface area contributed by atoms with Gasteiger partial charge in [-0.3, -0.25) is 9.10 Å². The van der Waals surface area contributed by atoms with Gasteiger partial charge in [-0.15, -0.1) is 0 Å². The summed E-state index contributed by atoms with van der Waals surface area (Å²) in [6, 6.07) is 19.6. The monoisotopic (exact) mass is 470 g/mol. The van der Waals surface area contributed by atoms with Gasteiger partial charge in [-0.25, -0.2) is 8.42 Å². The van der Waals surface area contributed by atoms with Crippen LogP contribution in [0.15, 0.2) is 66.7 Å². The zero-order valence-corrected chi connectivity index (χ0v) is 20.2. The number of hydrogen-bond acceptors (Lipinski definition) is 3. The second-order valence-electron chi connectivity index (χ2n) is 8.09. The minimum absolute atomic E-state index is 0.135. The molecule has 0 heterocycles. The zero-order chi connectivity index (χ0) is 23.5. The molecule has 0 fully saturated rings. The molecule has 0 aromatic heterocycles. The van der Waals surface area contributed by atoms with E-state index in [9.17, 15) is 13.2 Å². The molecule has 0 aliphatic carbocycles. The highest BCUT2D eigenvalue weighted by Crippen LogP contribution is 2.28. The third kappa shape index (κ3) is 5.69. The number of rotatable bonds is 7. The van der Waals surface area contributed by atoms with E-state index < -0.39 is 10.0 Å². The molecule has 3 aromatic carbocycles. The molecule has 1 amide bonds. The van der Waals surface area contributed by atoms with Gasteiger partial charge in [0.15, 0.2) is 0 Å². The van der Waals surface area contributed by atoms with Crippen molar-refractivity contribution >= 4 is 38.9 Å². The lowest BCUT2D eigenvalue weighted by atomic mass is 9.98. The molecule has 0 atom stereocenters. The van der Waals surface area contributed by atoms with Gasteiger partial charge in [0.25, 0.3) is 5.91 Å². The molecule has 1 N–H and O–H groups in total. The first-order valence-corrected chi connectivity index (χ1v) is 12.5. The zero-order valence-electron chi connectivity index (χ0n) is 18.6. The number of sulfonamides is 1. The summed E-state index contributed by atoms with van der Waals surface area (Å²) in [5.41, 5.74) is 4.67. The molecule has 0 aliphatic rings. The minimum atomic E-state index is -3.52. The first-order chi connectivity index (χ1) is 15.1. The SMILES string of the molecule is Cc1cccc(C(C)C)c1NC(=O)c1ccc(CN(c2cccc(Cl)c2)S(C)(=O)=O)cc1. The van der Waals surface area contributed by atoms with E-state index in [1.807, 2.05) is 25.1 Å². The van der Waals surface area contributed by atoms with Gasteiger partial charge >= 0.3 is 0 Å². The standard InChI is InChI=1S/C25H27ClN2O3S/c1-17(2)23-10-5-7-18(3)24(23)27-25(29)20-13-11-19(12-14-20)16-28(32(4,30)31)22-9-6-8-21(26)15-22/h5-15,17H,16H2,1-4H3,(H,27,29). The van der Waals surface area contributed by atoms with Gasteiger partial charge < -0.3 is 5.32 Å². The Hall–Kier alpha value is -2.83. The van der Waals surface area contributed by atoms with Crippen LogP contribution in [0, 0.1) is 6.92 Å². The summed E-state index contributed by atoms with van der Waals surface area (Å²) in [5, 5.41) is 3.49. The predicted molar refractivity (Wildman–Crippen MR) is 132 cm³/mol. The molecule has 0 spiro atoms. The van der Waals surface area contributed by atoms with Crippen LogP contribution in [-0.2, 0) is 16.6 Å². The quantitative estimate of drug-likeness (QED) is 0.461. The molecule has 168 valence electrons. The number of hydrogen-bond donors (Lipinski definition) is 1. The maximum atomic E-state index is 12.9. The summed E-state index contributed by atoms with van der Waals surface area (Å²) in [4.78, 5) is 12.9. The molecule has 0 unspecified atom stereocenters. The summed E-state index contributed by atoms with van der Waals surface area (Å²) in [5.74, 6) is 0.0728. The van der Waals surface area contributed by atoms with Crippen molar-refractivity contribution in [3.05, 3.63) is 94.0 Å². The van der Waals surface area contributed by atoms with Crippen molar-refractivity contribution in [2.24, 2.45) is 0 Å². The molecule has 5 nitrogen and oxygen atoms in total. The van der Waals surface area contributed by atoms with E-state index in [0.29, 0.717) is 16.3 Å². The normalized spacial score (nSPS) is 11.4. The van der Waals surface area contributed by atoms with Crippen LogP contribution in [0.5, 0.6) is 0 Å². The largest absolute Gasteiger partial charge is 0.321 e. The lowest BCUT2D eigenvalue weighted by Crippen LogP contribution is -2.29. The number of aryl methyl sites for hydroxylation is 1. The number of nitrogens with one attached hydrogen (secondary N) is 1. The molecule has 0 aliphatic heterocycles. The molecule has 7 heteroatoms. The minimum Gasteiger partial charge on any atom is -0.321 e. The third-order valence-electron chi connectivity index (χ3n) is 5.20. The van der Waals surface area contributed by atoms with Crippen molar-refractivity contribution in [3.63, 3.8) is 0 Å². The van der Waals surface area contributed by atoms with Crippen molar-refractivity contribution in [1.29, 1.82) is 0 Å². The van der Waals surface area contributed by atoms with Gasteiger partial charge in [0.1, 0.15) is 0 Å². The van der Waals surface area contributed by atoms with E-state index in [1.165, 1.54) is 4.31 Å². The van der Waals surface area contributed by atoms with Crippen LogP contribution in [0.3, 0.4) is 0 Å². The van der Waals surface area contributed by atoms with Crippen LogP contribution in [0.25, 0.3) is 0 Å². The lowest BCUT2D eigenvalue weighted by molar-refractivity contribution is 0.102. The lowest BCUT2D eigenvalue weighted by Gasteiger charge is -2.23. The maximum Gasteiger partial charge on any atom is 0.255 e. The fourth-order valence-corrected chi connectivity index (χ4v) is 4.55. The number of benzene rings is 3. The Balaban J connectivity index is 1.81. The Bertz CT molecular complexity index is 1220. The highest BCUT2D eigenvalue weighted by molar-refractivity contribution is 7.92. The van der Waals surface area contributed by atoms with E-state index in [0.717, 1.165) is 28.6 Å². The van der Waals surface area contributed by atoms with Crippen LogP contribution in [0.4, 0.5) is 11.4 Å². The van der Waals surface area contributed by atoms with Crippen LogP contribution in [0.2, 0.25) is 5.02 Å². The molecular formula is C25H27ClN2O3S. The molecule has 32 heavy (non-hydrogen) atoms. The van der Waals surface area contributed by atoms with E-state index in [4.69, 9.17) is 11.6 Å². The molecule has 3 rings (SSSR count). The Morgan fingerprint density at radius 2 is 1.69 bits per heavy atom. The molecular weight excluding hydrogens is 444 g/mol. The van der Waals surface area contributed by atoms with Gasteiger partial charge in [-0.2, -0.15) is 0 Å². The van der Waals surface area contributed by atoms with Crippen LogP contribution in [0.1, 0.15) is 46.8 Å². The summed E-state index contributed by atoms with van der Waals surface area (Å²) in [6.45, 7) is 6.29. The van der Waals surface area contributed by atoms with Crippen molar-refractivity contribution < 1.29 is 13.2 Å². The number of carbonyl (C=O) groups is 1. The van der Waals surface area contributed by atoms with Gasteiger partial charge in [0.05, 0.1) is 18.5 Å². The molecule has 3 aromatic rings. The topological polar surface area (TPSA) is 66.5 Å². The molecule has 0 bridgehead atoms. The van der Waals surface area contributed by atoms with Crippen LogP contribution in [-0.4, -0.2) is 20.6 Å². The number of nitrogens with zero attached hydrogens (tertiary/aromatic N) is 1. The van der Waals surface area contributed by atoms with Crippen LogP contribution >= 0.6 is 11.6 Å². The first kappa shape index (κ1) is 23.8. The number of anilines is 2. The molecule has 0 radical (unpaired) electrons. The fourth-order valence-electron chi connectivity index (χ4n) is 3.49. The third-order valence-corrected chi connectivity index (χ3v) is 6.58. The predicted octanol–water partition coefficient (Wildman–Crippen LogP) is 5.99. The van der Waals surface area contributed by atoms with Crippen LogP contribution < -0.4 is 9.62 Å². The van der Waals surface area contributed by atoms with Crippen molar-refractivity contribution in [3.8, 4) is 0 Å². The number of amides is 1. The van der Waals surface area contributed by atoms with Crippen molar-refractivity contribution in [2.75, 3.05) is 15.9 Å². The summed E-state index contributed by atoms with van der Waals surface area (Å²) < 4.78 is 26.0. The van der Waals surface area contributed by atoms with E-state index in [-0.39, 0.29) is 18.4 Å². The van der Waals surface area contributed by atoms with Crippen molar-refractivity contribution in [2.45, 2.75) is 33.2 Å². The smallest absolute Gasteiger partial charge is 0.255 e. The average Bonchev–Trinajstić information content (AvgIpc) is 2.72. The molecule has 0 saturated carbocycles. The summed E-state index contributed by atoms with van der Waals surface area (Å²) >= 11 is 6.04. The Labute approximate surface area is 195 Å². The second kappa shape index (κ2) is 9.76. The summed E-state index contributed by atoms with van der Waals surface area (Å²) in [7, 11) is -3.52. The Morgan fingerprint density at radius 1 is 1.03 bits per heavy atom. The van der Waals surface area contributed by atoms with Gasteiger partial charge in [-0.05, 0) is 59.9 Å². The first-order valence-electron chi connectivity index (χ1n) is 10.3. The van der Waals surface area contributed by atoms with Gasteiger partial charge in [0.2, 0.25) is 10.0 Å². The Kier molecular flexibility index (Phi) is 7.26.